The van der Waals surface area contributed by atoms with Crippen LogP contribution in [0.2, 0.25) is 0 Å². The Labute approximate surface area is 166 Å². The number of thiophene rings is 1. The normalized spacial score (nSPS) is 15.0. The Hall–Kier alpha value is -2.55. The van der Waals surface area contributed by atoms with E-state index in [1.54, 1.807) is 24.3 Å². The highest BCUT2D eigenvalue weighted by molar-refractivity contribution is 7.89. The maximum atomic E-state index is 13.3. The minimum atomic E-state index is -3.84. The maximum Gasteiger partial charge on any atom is 0.241 e. The first-order chi connectivity index (χ1) is 13.4. The second-order valence-electron chi connectivity index (χ2n) is 6.49. The minimum absolute atomic E-state index is 0.0738. The Morgan fingerprint density at radius 3 is 2.57 bits per heavy atom. The molecule has 0 fully saturated rings. The van der Waals surface area contributed by atoms with E-state index in [0.717, 1.165) is 10.4 Å². The molecule has 0 radical (unpaired) electrons. The van der Waals surface area contributed by atoms with Gasteiger partial charge in [0.25, 0.3) is 0 Å². The number of halogens is 1. The molecule has 0 saturated carbocycles. The van der Waals surface area contributed by atoms with Gasteiger partial charge >= 0.3 is 0 Å². The molecule has 1 aromatic heterocycles. The molecule has 2 aromatic carbocycles. The highest BCUT2D eigenvalue weighted by Crippen LogP contribution is 2.30. The molecule has 1 atom stereocenters. The Balaban J connectivity index is 1.68. The number of sulfonamides is 1. The summed E-state index contributed by atoms with van der Waals surface area (Å²) in [6, 6.07) is 13.5. The van der Waals surface area contributed by atoms with E-state index in [1.807, 2.05) is 17.5 Å². The lowest BCUT2D eigenvalue weighted by molar-refractivity contribution is -0.116. The molecule has 8 heteroatoms. The highest BCUT2D eigenvalue weighted by atomic mass is 32.2. The van der Waals surface area contributed by atoms with E-state index < -0.39 is 16.1 Å². The number of anilines is 1. The molecule has 2 N–H and O–H groups in total. The van der Waals surface area contributed by atoms with Gasteiger partial charge in [0.05, 0.1) is 10.9 Å². The highest BCUT2D eigenvalue weighted by Gasteiger charge is 2.25. The average Bonchev–Trinajstić information content (AvgIpc) is 3.21. The van der Waals surface area contributed by atoms with Crippen molar-refractivity contribution in [2.24, 2.45) is 0 Å². The lowest BCUT2D eigenvalue weighted by Gasteiger charge is -2.20. The predicted octanol–water partition coefficient (Wildman–Crippen LogP) is 3.84. The van der Waals surface area contributed by atoms with E-state index in [0.29, 0.717) is 24.1 Å². The summed E-state index contributed by atoms with van der Waals surface area (Å²) >= 11 is 1.42. The topological polar surface area (TPSA) is 75.3 Å². The van der Waals surface area contributed by atoms with Gasteiger partial charge in [-0.25, -0.2) is 12.8 Å². The molecule has 4 rings (SSSR count). The van der Waals surface area contributed by atoms with Gasteiger partial charge in [-0.1, -0.05) is 18.2 Å². The van der Waals surface area contributed by atoms with Crippen LogP contribution in [0.3, 0.4) is 0 Å². The number of hydrogen-bond donors (Lipinski definition) is 2. The van der Waals surface area contributed by atoms with Gasteiger partial charge in [0, 0.05) is 17.0 Å². The molecule has 28 heavy (non-hydrogen) atoms. The molecule has 0 bridgehead atoms. The van der Waals surface area contributed by atoms with Crippen LogP contribution in [0.15, 0.2) is 64.9 Å². The fourth-order valence-electron chi connectivity index (χ4n) is 3.15. The molecule has 5 nitrogen and oxygen atoms in total. The zero-order valence-corrected chi connectivity index (χ0v) is 16.3. The van der Waals surface area contributed by atoms with Crippen LogP contribution in [-0.2, 0) is 21.2 Å². The molecule has 1 amide bonds. The fraction of sp³-hybridized carbons (Fsp3) is 0.150. The first kappa shape index (κ1) is 18.8. The number of benzene rings is 2. The van der Waals surface area contributed by atoms with Crippen LogP contribution in [0.1, 0.15) is 28.5 Å². The Bertz CT molecular complexity index is 1110. The smallest absolute Gasteiger partial charge is 0.241 e. The number of carbonyl (C=O) groups is 1. The summed E-state index contributed by atoms with van der Waals surface area (Å²) in [7, 11) is -3.84. The molecule has 0 aliphatic carbocycles. The summed E-state index contributed by atoms with van der Waals surface area (Å²) in [6.45, 7) is 0. The van der Waals surface area contributed by atoms with E-state index >= 15 is 0 Å². The largest absolute Gasteiger partial charge is 0.326 e. The van der Waals surface area contributed by atoms with Crippen molar-refractivity contribution in [1.29, 1.82) is 0 Å². The standard InChI is InChI=1S/C20H17FN2O3S2/c21-15-6-3-13(4-7-15)20(18-2-1-11-27-18)23-28(25,26)16-8-9-17-14(12-16)5-10-19(24)22-17/h1-4,6-9,11-12,20,23H,5,10H2,(H,22,24). The van der Waals surface area contributed by atoms with Gasteiger partial charge in [0.2, 0.25) is 15.9 Å². The zero-order chi connectivity index (χ0) is 19.7. The van der Waals surface area contributed by atoms with Crippen molar-refractivity contribution in [3.8, 4) is 0 Å². The molecule has 2 heterocycles. The summed E-state index contributed by atoms with van der Waals surface area (Å²) in [5.41, 5.74) is 2.08. The molecule has 0 spiro atoms. The van der Waals surface area contributed by atoms with Crippen LogP contribution in [0.25, 0.3) is 0 Å². The Morgan fingerprint density at radius 2 is 1.86 bits per heavy atom. The van der Waals surface area contributed by atoms with Crippen LogP contribution < -0.4 is 10.0 Å². The molecule has 144 valence electrons. The monoisotopic (exact) mass is 416 g/mol. The average molecular weight is 416 g/mol. The van der Waals surface area contributed by atoms with Crippen LogP contribution in [0, 0.1) is 5.82 Å². The number of carbonyl (C=O) groups excluding carboxylic acids is 1. The zero-order valence-electron chi connectivity index (χ0n) is 14.7. The number of fused-ring (bicyclic) bond motifs is 1. The number of hydrogen-bond acceptors (Lipinski definition) is 4. The lowest BCUT2D eigenvalue weighted by Crippen LogP contribution is -2.29. The summed E-state index contributed by atoms with van der Waals surface area (Å²) < 4.78 is 42.2. The number of aryl methyl sites for hydroxylation is 1. The molecular formula is C20H17FN2O3S2. The Kier molecular flexibility index (Phi) is 5.01. The second kappa shape index (κ2) is 7.46. The summed E-state index contributed by atoms with van der Waals surface area (Å²) in [4.78, 5) is 12.4. The lowest BCUT2D eigenvalue weighted by atomic mass is 10.0. The second-order valence-corrected chi connectivity index (χ2v) is 9.18. The van der Waals surface area contributed by atoms with E-state index in [4.69, 9.17) is 0 Å². The van der Waals surface area contributed by atoms with E-state index in [2.05, 4.69) is 10.0 Å². The van der Waals surface area contributed by atoms with Gasteiger partial charge < -0.3 is 5.32 Å². The van der Waals surface area contributed by atoms with Crippen molar-refractivity contribution in [3.05, 3.63) is 81.8 Å². The van der Waals surface area contributed by atoms with Crippen molar-refractivity contribution in [3.63, 3.8) is 0 Å². The summed E-state index contributed by atoms with van der Waals surface area (Å²) in [6.07, 6.45) is 0.828. The third-order valence-corrected chi connectivity index (χ3v) is 6.94. The van der Waals surface area contributed by atoms with Crippen molar-refractivity contribution >= 4 is 33.0 Å². The van der Waals surface area contributed by atoms with Gasteiger partial charge in [0.15, 0.2) is 0 Å². The van der Waals surface area contributed by atoms with E-state index in [-0.39, 0.29) is 16.6 Å². The minimum Gasteiger partial charge on any atom is -0.326 e. The third kappa shape index (κ3) is 3.84. The Morgan fingerprint density at radius 1 is 1.07 bits per heavy atom. The van der Waals surface area contributed by atoms with Crippen molar-refractivity contribution < 1.29 is 17.6 Å². The van der Waals surface area contributed by atoms with Gasteiger partial charge in [-0.15, -0.1) is 11.3 Å². The maximum absolute atomic E-state index is 13.3. The van der Waals surface area contributed by atoms with Crippen molar-refractivity contribution in [1.82, 2.24) is 4.72 Å². The molecule has 3 aromatic rings. The molecule has 1 unspecified atom stereocenters. The number of nitrogens with one attached hydrogen (secondary N) is 2. The van der Waals surface area contributed by atoms with Crippen LogP contribution >= 0.6 is 11.3 Å². The van der Waals surface area contributed by atoms with Gasteiger partial charge in [-0.05, 0) is 59.3 Å². The van der Waals surface area contributed by atoms with Gasteiger partial charge in [-0.3, -0.25) is 4.79 Å². The van der Waals surface area contributed by atoms with Crippen molar-refractivity contribution in [2.45, 2.75) is 23.8 Å². The third-order valence-electron chi connectivity index (χ3n) is 4.59. The SMILES string of the molecule is O=C1CCc2cc(S(=O)(=O)NC(c3ccc(F)cc3)c3cccs3)ccc2N1. The number of amides is 1. The molecule has 1 aliphatic heterocycles. The quantitative estimate of drug-likeness (QED) is 0.664. The van der Waals surface area contributed by atoms with Crippen LogP contribution in [0.5, 0.6) is 0 Å². The number of rotatable bonds is 5. The van der Waals surface area contributed by atoms with Gasteiger partial charge in [-0.2, -0.15) is 4.72 Å². The van der Waals surface area contributed by atoms with Crippen LogP contribution in [0.4, 0.5) is 10.1 Å². The van der Waals surface area contributed by atoms with Crippen LogP contribution in [-0.4, -0.2) is 14.3 Å². The first-order valence-corrected chi connectivity index (χ1v) is 11.0. The van der Waals surface area contributed by atoms with E-state index in [9.17, 15) is 17.6 Å². The molecular weight excluding hydrogens is 399 g/mol. The fourth-order valence-corrected chi connectivity index (χ4v) is 5.28. The van der Waals surface area contributed by atoms with Crippen molar-refractivity contribution in [2.75, 3.05) is 5.32 Å². The molecule has 1 aliphatic rings. The van der Waals surface area contributed by atoms with Gasteiger partial charge in [0.1, 0.15) is 5.82 Å². The first-order valence-electron chi connectivity index (χ1n) is 8.66. The van der Waals surface area contributed by atoms with E-state index in [1.165, 1.54) is 29.5 Å². The summed E-state index contributed by atoms with van der Waals surface area (Å²) in [5.74, 6) is -0.455. The molecule has 0 saturated heterocycles. The summed E-state index contributed by atoms with van der Waals surface area (Å²) in [5, 5.41) is 4.61. The predicted molar refractivity (Wildman–Crippen MR) is 106 cm³/mol.